The Hall–Kier alpha value is -8.20. The molecule has 1 aliphatic heterocycles. The van der Waals surface area contributed by atoms with E-state index >= 15 is 0 Å². The van der Waals surface area contributed by atoms with Crippen LogP contribution in [0.25, 0.3) is 72.0 Å². The average molecular weight is 909 g/mol. The molecule has 338 valence electrons. The molecule has 0 radical (unpaired) electrons. The van der Waals surface area contributed by atoms with Gasteiger partial charge in [0.1, 0.15) is 0 Å². The number of rotatable bonds is 6. The summed E-state index contributed by atoms with van der Waals surface area (Å²) in [5, 5.41) is 2.55. The topological polar surface area (TPSA) is 8.17 Å². The smallest absolute Gasteiger partial charge is 0.0666 e. The molecule has 0 fully saturated rings. The molecular weight excluding hydrogens is 857 g/mol. The molecule has 2 heteroatoms. The lowest BCUT2D eigenvalue weighted by Gasteiger charge is -2.29. The minimum Gasteiger partial charge on any atom is -0.333 e. The third kappa shape index (κ3) is 6.13. The largest absolute Gasteiger partial charge is 0.333 e. The van der Waals surface area contributed by atoms with E-state index in [0.29, 0.717) is 17.8 Å². The second kappa shape index (κ2) is 15.4. The Kier molecular flexibility index (Phi) is 8.82. The van der Waals surface area contributed by atoms with Gasteiger partial charge in [-0.05, 0) is 174 Å². The first-order valence-corrected chi connectivity index (χ1v) is 25.6. The first-order chi connectivity index (χ1) is 34.9. The molecule has 71 heavy (non-hydrogen) atoms. The number of benzene rings is 10. The quantitative estimate of drug-likeness (QED) is 0.161. The fourth-order valence-electron chi connectivity index (χ4n) is 14.0. The Labute approximate surface area is 416 Å². The van der Waals surface area contributed by atoms with Crippen LogP contribution in [0.3, 0.4) is 0 Å². The Morgan fingerprint density at radius 2 is 0.873 bits per heavy atom. The number of nitrogens with zero attached hydrogens (tertiary/aromatic N) is 2. The van der Waals surface area contributed by atoms with Crippen molar-refractivity contribution in [3.05, 3.63) is 269 Å². The molecule has 2 nitrogen and oxygen atoms in total. The van der Waals surface area contributed by atoms with Gasteiger partial charge in [-0.1, -0.05) is 178 Å². The molecule has 1 aromatic heterocycles. The molecule has 4 atom stereocenters. The van der Waals surface area contributed by atoms with E-state index in [0.717, 1.165) is 12.8 Å². The van der Waals surface area contributed by atoms with Gasteiger partial charge in [-0.15, -0.1) is 0 Å². The Bertz CT molecular complexity index is 3880. The van der Waals surface area contributed by atoms with E-state index in [9.17, 15) is 0 Å². The fraction of sp³-hybridized carbons (Fsp3) is 0.130. The normalized spacial score (nSPS) is 18.8. The second-order valence-corrected chi connectivity index (χ2v) is 21.2. The van der Waals surface area contributed by atoms with Crippen LogP contribution in [0.2, 0.25) is 0 Å². The molecule has 10 aromatic carbocycles. The van der Waals surface area contributed by atoms with Gasteiger partial charge < -0.3 is 9.47 Å². The maximum Gasteiger partial charge on any atom is 0.0666 e. The summed E-state index contributed by atoms with van der Waals surface area (Å²) in [4.78, 5) is 2.67. The molecule has 11 aromatic rings. The summed E-state index contributed by atoms with van der Waals surface area (Å²) in [7, 11) is 0. The first-order valence-electron chi connectivity index (χ1n) is 25.6. The van der Waals surface area contributed by atoms with Crippen molar-refractivity contribution in [1.82, 2.24) is 4.57 Å². The van der Waals surface area contributed by atoms with Gasteiger partial charge in [-0.25, -0.2) is 0 Å². The molecule has 3 aliphatic carbocycles. The van der Waals surface area contributed by atoms with Gasteiger partial charge in [0.2, 0.25) is 0 Å². The van der Waals surface area contributed by atoms with Crippen molar-refractivity contribution in [3.63, 3.8) is 0 Å². The molecule has 0 saturated carbocycles. The summed E-state index contributed by atoms with van der Waals surface area (Å²) in [5.74, 6) is 1.37. The van der Waals surface area contributed by atoms with Gasteiger partial charge in [0.15, 0.2) is 0 Å². The van der Waals surface area contributed by atoms with Crippen LogP contribution in [0.1, 0.15) is 76.6 Å². The van der Waals surface area contributed by atoms with Crippen molar-refractivity contribution in [2.45, 2.75) is 55.9 Å². The molecule has 0 spiro atoms. The number of anilines is 2. The highest BCUT2D eigenvalue weighted by molar-refractivity contribution is 6.11. The van der Waals surface area contributed by atoms with Crippen LogP contribution in [0.15, 0.2) is 231 Å². The summed E-state index contributed by atoms with van der Waals surface area (Å²) in [6.45, 7) is 4.93. The third-order valence-electron chi connectivity index (χ3n) is 17.2. The summed E-state index contributed by atoms with van der Waals surface area (Å²) < 4.78 is 2.46. The molecule has 15 rings (SSSR count). The highest BCUT2D eigenvalue weighted by Crippen LogP contribution is 2.62. The Morgan fingerprint density at radius 3 is 1.52 bits per heavy atom. The van der Waals surface area contributed by atoms with Crippen molar-refractivity contribution < 1.29 is 0 Å². The monoisotopic (exact) mass is 908 g/mol. The van der Waals surface area contributed by atoms with Gasteiger partial charge in [0.25, 0.3) is 0 Å². The van der Waals surface area contributed by atoms with Gasteiger partial charge >= 0.3 is 0 Å². The van der Waals surface area contributed by atoms with E-state index in [1.54, 1.807) is 5.56 Å². The molecule has 0 bridgehead atoms. The Morgan fingerprint density at radius 1 is 0.366 bits per heavy atom. The predicted molar refractivity (Wildman–Crippen MR) is 295 cm³/mol. The number of fused-ring (bicyclic) bond motifs is 13. The zero-order chi connectivity index (χ0) is 47.0. The highest BCUT2D eigenvalue weighted by atomic mass is 15.2. The minimum absolute atomic E-state index is 0.0897. The maximum atomic E-state index is 2.67. The van der Waals surface area contributed by atoms with Gasteiger partial charge in [0.05, 0.1) is 17.1 Å². The van der Waals surface area contributed by atoms with E-state index in [1.165, 1.54) is 117 Å². The SMILES string of the molecule is CC1(C)c2ccc(-c3ccc4c(c3)c3cc(-c5ccc6c(c5)C5Cc7ccccc7C5N6c5cc(-c6ccccc6)cc(-c6ccccc6)c5)ccc3n4-c3ccccc3)cc2C2Cc3ccccc3C21. The van der Waals surface area contributed by atoms with Crippen molar-refractivity contribution in [3.8, 4) is 50.2 Å². The minimum atomic E-state index is 0.0897. The van der Waals surface area contributed by atoms with Crippen LogP contribution in [-0.2, 0) is 18.3 Å². The van der Waals surface area contributed by atoms with Crippen LogP contribution in [0.5, 0.6) is 0 Å². The summed E-state index contributed by atoms with van der Waals surface area (Å²) >= 11 is 0. The number of aromatic nitrogens is 1. The molecule has 0 amide bonds. The first kappa shape index (κ1) is 40.7. The maximum absolute atomic E-state index is 2.67. The van der Waals surface area contributed by atoms with Gasteiger partial charge in [0, 0.05) is 39.7 Å². The van der Waals surface area contributed by atoms with Crippen molar-refractivity contribution in [1.29, 1.82) is 0 Å². The second-order valence-electron chi connectivity index (χ2n) is 21.2. The lowest BCUT2D eigenvalue weighted by molar-refractivity contribution is 0.420. The van der Waals surface area contributed by atoms with Crippen LogP contribution < -0.4 is 4.90 Å². The lowest BCUT2D eigenvalue weighted by atomic mass is 9.75. The molecule has 0 N–H and O–H groups in total. The number of hydrogen-bond acceptors (Lipinski definition) is 1. The van der Waals surface area contributed by atoms with Crippen molar-refractivity contribution in [2.24, 2.45) is 0 Å². The third-order valence-corrected chi connectivity index (χ3v) is 17.2. The average Bonchev–Trinajstić information content (AvgIpc) is 4.22. The fourth-order valence-corrected chi connectivity index (χ4v) is 14.0. The summed E-state index contributed by atoms with van der Waals surface area (Å²) in [6.07, 6.45) is 2.15. The van der Waals surface area contributed by atoms with Crippen LogP contribution in [-0.4, -0.2) is 4.57 Å². The zero-order valence-electron chi connectivity index (χ0n) is 40.1. The zero-order valence-corrected chi connectivity index (χ0v) is 40.1. The van der Waals surface area contributed by atoms with Crippen molar-refractivity contribution in [2.75, 3.05) is 4.90 Å². The summed E-state index contributed by atoms with van der Waals surface area (Å²) in [5.41, 5.74) is 26.7. The number of hydrogen-bond donors (Lipinski definition) is 0. The Balaban J connectivity index is 0.868. The molecule has 0 saturated heterocycles. The van der Waals surface area contributed by atoms with E-state index in [4.69, 9.17) is 0 Å². The molecular formula is C69H52N2. The summed E-state index contributed by atoms with van der Waals surface area (Å²) in [6, 6.07) is 87.4. The van der Waals surface area contributed by atoms with Crippen molar-refractivity contribution >= 4 is 33.2 Å². The molecule has 4 unspecified atom stereocenters. The van der Waals surface area contributed by atoms with E-state index in [2.05, 4.69) is 254 Å². The highest BCUT2D eigenvalue weighted by Gasteiger charge is 2.51. The van der Waals surface area contributed by atoms with E-state index in [1.807, 2.05) is 0 Å². The predicted octanol–water partition coefficient (Wildman–Crippen LogP) is 17.7. The van der Waals surface area contributed by atoms with Crippen LogP contribution in [0.4, 0.5) is 11.4 Å². The van der Waals surface area contributed by atoms with Gasteiger partial charge in [-0.2, -0.15) is 0 Å². The standard InChI is InChI=1S/C69H52N2/c1-69(2)63-30-26-45(37-57(63)61-41-49-20-12-14-24-55(49)67(61)69)46-27-31-64-58(38-46)59-39-47(28-32-65(59)70(64)53-22-10-5-11-23-53)48-29-33-66-60(40-48)62-42-50-21-13-15-25-56(50)68(62)71(66)54-35-51(43-16-6-3-7-17-43)34-52(36-54)44-18-8-4-9-19-44/h3-40,61-62,67-68H,41-42H2,1-2H3. The van der Waals surface area contributed by atoms with Crippen LogP contribution >= 0.6 is 0 Å². The van der Waals surface area contributed by atoms with Crippen LogP contribution in [0, 0.1) is 0 Å². The van der Waals surface area contributed by atoms with E-state index < -0.39 is 0 Å². The molecule has 2 heterocycles. The number of para-hydroxylation sites is 1. The van der Waals surface area contributed by atoms with E-state index in [-0.39, 0.29) is 11.5 Å². The van der Waals surface area contributed by atoms with Gasteiger partial charge in [-0.3, -0.25) is 0 Å². The molecule has 4 aliphatic rings. The lowest BCUT2D eigenvalue weighted by Crippen LogP contribution is -2.22.